The summed E-state index contributed by atoms with van der Waals surface area (Å²) in [4.78, 5) is 25.1. The molecule has 174 valence electrons. The van der Waals surface area contributed by atoms with Gasteiger partial charge in [-0.25, -0.2) is 12.7 Å². The Morgan fingerprint density at radius 3 is 2.44 bits per heavy atom. The molecule has 32 heavy (non-hydrogen) atoms. The fourth-order valence-corrected chi connectivity index (χ4v) is 3.89. The molecule has 0 saturated heterocycles. The van der Waals surface area contributed by atoms with Crippen molar-refractivity contribution in [2.24, 2.45) is 0 Å². The number of carbonyl (C=O) groups is 2. The van der Waals surface area contributed by atoms with E-state index in [1.165, 1.54) is 33.3 Å². The first kappa shape index (κ1) is 25.3. The molecule has 0 aliphatic rings. The molecule has 2 amide bonds. The molecule has 0 bridgehead atoms. The summed E-state index contributed by atoms with van der Waals surface area (Å²) in [7, 11) is 2.32. The number of hydrogen-bond acceptors (Lipinski definition) is 6. The average Bonchev–Trinajstić information content (AvgIpc) is 2.77. The van der Waals surface area contributed by atoms with Gasteiger partial charge in [-0.15, -0.1) is 0 Å². The standard InChI is InChI=1S/C22H29N3O6S/c1-25(2)32(28,29)17-10-11-20(31-4)16(15-17)9-12-21(26)24-19-8-6-5-7-18(19)22(27)23-13-14-30-3/h5-8,10-11,15H,9,12-14H2,1-4H3,(H,23,27)(H,24,26). The van der Waals surface area contributed by atoms with Gasteiger partial charge in [-0.05, 0) is 42.3 Å². The first-order valence-electron chi connectivity index (χ1n) is 9.96. The zero-order valence-corrected chi connectivity index (χ0v) is 19.5. The zero-order chi connectivity index (χ0) is 23.7. The molecular weight excluding hydrogens is 434 g/mol. The number of nitrogens with one attached hydrogen (secondary N) is 2. The van der Waals surface area contributed by atoms with Crippen LogP contribution in [0.25, 0.3) is 0 Å². The smallest absolute Gasteiger partial charge is 0.253 e. The van der Waals surface area contributed by atoms with Crippen molar-refractivity contribution in [2.75, 3.05) is 46.8 Å². The summed E-state index contributed by atoms with van der Waals surface area (Å²) in [6.45, 7) is 0.730. The maximum Gasteiger partial charge on any atom is 0.253 e. The van der Waals surface area contributed by atoms with Crippen LogP contribution in [-0.4, -0.2) is 66.0 Å². The zero-order valence-electron chi connectivity index (χ0n) is 18.7. The molecule has 9 nitrogen and oxygen atoms in total. The van der Waals surface area contributed by atoms with Crippen LogP contribution >= 0.6 is 0 Å². The Bertz CT molecular complexity index is 1050. The third-order valence-electron chi connectivity index (χ3n) is 4.69. The van der Waals surface area contributed by atoms with Crippen LogP contribution in [0.4, 0.5) is 5.69 Å². The van der Waals surface area contributed by atoms with Gasteiger partial charge in [0.25, 0.3) is 5.91 Å². The fourth-order valence-electron chi connectivity index (χ4n) is 2.93. The Kier molecular flexibility index (Phi) is 9.18. The lowest BCUT2D eigenvalue weighted by molar-refractivity contribution is -0.116. The topological polar surface area (TPSA) is 114 Å². The number of anilines is 1. The molecule has 0 radical (unpaired) electrons. The summed E-state index contributed by atoms with van der Waals surface area (Å²) in [5.41, 5.74) is 1.33. The first-order chi connectivity index (χ1) is 15.2. The van der Waals surface area contributed by atoms with Gasteiger partial charge in [-0.2, -0.15) is 0 Å². The lowest BCUT2D eigenvalue weighted by atomic mass is 10.1. The van der Waals surface area contributed by atoms with Gasteiger partial charge in [0, 0.05) is 34.2 Å². The molecule has 2 aromatic carbocycles. The minimum atomic E-state index is -3.61. The number of sulfonamides is 1. The molecular formula is C22H29N3O6S. The highest BCUT2D eigenvalue weighted by Gasteiger charge is 2.20. The van der Waals surface area contributed by atoms with Crippen LogP contribution in [0.1, 0.15) is 22.3 Å². The van der Waals surface area contributed by atoms with Crippen molar-refractivity contribution in [1.29, 1.82) is 0 Å². The van der Waals surface area contributed by atoms with Gasteiger partial charge < -0.3 is 20.1 Å². The Morgan fingerprint density at radius 1 is 1.06 bits per heavy atom. The number of para-hydroxylation sites is 1. The Hall–Kier alpha value is -2.95. The summed E-state index contributed by atoms with van der Waals surface area (Å²) >= 11 is 0. The van der Waals surface area contributed by atoms with Crippen LogP contribution in [0, 0.1) is 0 Å². The number of ether oxygens (including phenoxy) is 2. The molecule has 2 rings (SSSR count). The van der Waals surface area contributed by atoms with Crippen molar-refractivity contribution in [3.63, 3.8) is 0 Å². The van der Waals surface area contributed by atoms with Gasteiger partial charge in [-0.1, -0.05) is 12.1 Å². The van der Waals surface area contributed by atoms with Crippen molar-refractivity contribution in [3.05, 3.63) is 53.6 Å². The molecule has 0 aliphatic carbocycles. The van der Waals surface area contributed by atoms with Crippen molar-refractivity contribution in [1.82, 2.24) is 9.62 Å². The second kappa shape index (κ2) is 11.6. The Morgan fingerprint density at radius 2 is 1.78 bits per heavy atom. The van der Waals surface area contributed by atoms with E-state index < -0.39 is 10.0 Å². The number of carbonyl (C=O) groups excluding carboxylic acids is 2. The van der Waals surface area contributed by atoms with Crippen molar-refractivity contribution in [2.45, 2.75) is 17.7 Å². The second-order valence-corrected chi connectivity index (χ2v) is 9.26. The minimum Gasteiger partial charge on any atom is -0.496 e. The van der Waals surface area contributed by atoms with E-state index in [-0.39, 0.29) is 29.6 Å². The first-order valence-corrected chi connectivity index (χ1v) is 11.4. The van der Waals surface area contributed by atoms with Crippen LogP contribution in [-0.2, 0) is 26.0 Å². The number of rotatable bonds is 11. The molecule has 0 saturated carbocycles. The summed E-state index contributed by atoms with van der Waals surface area (Å²) in [5.74, 6) is -0.139. The maximum absolute atomic E-state index is 12.6. The van der Waals surface area contributed by atoms with Crippen molar-refractivity contribution < 1.29 is 27.5 Å². The third kappa shape index (κ3) is 6.52. The van der Waals surface area contributed by atoms with E-state index in [4.69, 9.17) is 9.47 Å². The van der Waals surface area contributed by atoms with E-state index in [1.54, 1.807) is 37.4 Å². The number of benzene rings is 2. The average molecular weight is 464 g/mol. The van der Waals surface area contributed by atoms with Crippen LogP contribution in [0.15, 0.2) is 47.4 Å². The molecule has 0 aliphatic heterocycles. The second-order valence-electron chi connectivity index (χ2n) is 7.10. The lowest BCUT2D eigenvalue weighted by Gasteiger charge is -2.15. The molecule has 2 aromatic rings. The quantitative estimate of drug-likeness (QED) is 0.492. The van der Waals surface area contributed by atoms with Gasteiger partial charge in [0.05, 0.1) is 29.9 Å². The largest absolute Gasteiger partial charge is 0.496 e. The predicted octanol–water partition coefficient (Wildman–Crippen LogP) is 1.89. The molecule has 10 heteroatoms. The van der Waals surface area contributed by atoms with E-state index in [1.807, 2.05) is 0 Å². The van der Waals surface area contributed by atoms with Gasteiger partial charge in [-0.3, -0.25) is 9.59 Å². The van der Waals surface area contributed by atoms with E-state index in [9.17, 15) is 18.0 Å². The van der Waals surface area contributed by atoms with Crippen LogP contribution in [0.2, 0.25) is 0 Å². The van der Waals surface area contributed by atoms with Crippen LogP contribution in [0.5, 0.6) is 5.75 Å². The highest BCUT2D eigenvalue weighted by molar-refractivity contribution is 7.89. The number of amides is 2. The number of nitrogens with zero attached hydrogens (tertiary/aromatic N) is 1. The lowest BCUT2D eigenvalue weighted by Crippen LogP contribution is -2.28. The van der Waals surface area contributed by atoms with Crippen LogP contribution in [0.3, 0.4) is 0 Å². The summed E-state index contributed by atoms with van der Waals surface area (Å²) in [6, 6.07) is 11.3. The van der Waals surface area contributed by atoms with Crippen LogP contribution < -0.4 is 15.4 Å². The molecule has 0 aromatic heterocycles. The van der Waals surface area contributed by atoms with E-state index in [0.29, 0.717) is 35.7 Å². The summed E-state index contributed by atoms with van der Waals surface area (Å²) in [5, 5.41) is 5.48. The molecule has 0 spiro atoms. The highest BCUT2D eigenvalue weighted by Crippen LogP contribution is 2.25. The van der Waals surface area contributed by atoms with E-state index in [0.717, 1.165) is 4.31 Å². The minimum absolute atomic E-state index is 0.0709. The SMILES string of the molecule is COCCNC(=O)c1ccccc1NC(=O)CCc1cc(S(=O)(=O)N(C)C)ccc1OC. The number of methoxy groups -OCH3 is 2. The molecule has 2 N–H and O–H groups in total. The predicted molar refractivity (Wildman–Crippen MR) is 121 cm³/mol. The normalized spacial score (nSPS) is 11.3. The fraction of sp³-hybridized carbons (Fsp3) is 0.364. The molecule has 0 heterocycles. The Balaban J connectivity index is 2.12. The molecule has 0 unspecified atom stereocenters. The van der Waals surface area contributed by atoms with Gasteiger partial charge >= 0.3 is 0 Å². The van der Waals surface area contributed by atoms with Gasteiger partial charge in [0.2, 0.25) is 15.9 Å². The summed E-state index contributed by atoms with van der Waals surface area (Å²) < 4.78 is 36.2. The maximum atomic E-state index is 12.6. The summed E-state index contributed by atoms with van der Waals surface area (Å²) in [6.07, 6.45) is 0.329. The third-order valence-corrected chi connectivity index (χ3v) is 6.50. The molecule has 0 fully saturated rings. The highest BCUT2D eigenvalue weighted by atomic mass is 32.2. The van der Waals surface area contributed by atoms with E-state index >= 15 is 0 Å². The monoisotopic (exact) mass is 463 g/mol. The number of hydrogen-bond donors (Lipinski definition) is 2. The number of aryl methyl sites for hydroxylation is 1. The van der Waals surface area contributed by atoms with Crippen molar-refractivity contribution in [3.8, 4) is 5.75 Å². The molecule has 0 atom stereocenters. The van der Waals surface area contributed by atoms with Gasteiger partial charge in [0.1, 0.15) is 5.75 Å². The van der Waals surface area contributed by atoms with Crippen molar-refractivity contribution >= 4 is 27.5 Å². The van der Waals surface area contributed by atoms with E-state index in [2.05, 4.69) is 10.6 Å². The van der Waals surface area contributed by atoms with Gasteiger partial charge in [0.15, 0.2) is 0 Å². The Labute approximate surface area is 188 Å².